The Hall–Kier alpha value is -2.94. The summed E-state index contributed by atoms with van der Waals surface area (Å²) in [6.45, 7) is 6.47. The van der Waals surface area contributed by atoms with Gasteiger partial charge in [0.2, 0.25) is 0 Å². The second-order valence-electron chi connectivity index (χ2n) is 9.30. The maximum Gasteiger partial charge on any atom is 0.349 e. The zero-order chi connectivity index (χ0) is 26.0. The molecule has 4 rings (SSSR count). The molecule has 1 aromatic rings. The van der Waals surface area contributed by atoms with Gasteiger partial charge < -0.3 is 35.2 Å². The van der Waals surface area contributed by atoms with Gasteiger partial charge >= 0.3 is 5.69 Å². The van der Waals surface area contributed by atoms with E-state index in [0.717, 1.165) is 44.0 Å². The number of aliphatic hydroxyl groups is 4. The van der Waals surface area contributed by atoms with E-state index < -0.39 is 36.2 Å². The van der Waals surface area contributed by atoms with Crippen LogP contribution in [0.3, 0.4) is 0 Å². The predicted octanol–water partition coefficient (Wildman–Crippen LogP) is -2.37. The van der Waals surface area contributed by atoms with Crippen molar-refractivity contribution in [1.29, 1.82) is 0 Å². The van der Waals surface area contributed by atoms with Gasteiger partial charge in [0.25, 0.3) is 5.56 Å². The molecular weight excluding hydrogens is 470 g/mol. The quantitative estimate of drug-likeness (QED) is 0.172. The van der Waals surface area contributed by atoms with Gasteiger partial charge in [-0.1, -0.05) is 0 Å². The summed E-state index contributed by atoms with van der Waals surface area (Å²) < 4.78 is 1.43. The van der Waals surface area contributed by atoms with E-state index in [2.05, 4.69) is 37.1 Å². The second-order valence-corrected chi connectivity index (χ2v) is 9.30. The van der Waals surface area contributed by atoms with Crippen LogP contribution in [0.25, 0.3) is 22.6 Å². The number of aromatic amines is 1. The molecule has 1 fully saturated rings. The summed E-state index contributed by atoms with van der Waals surface area (Å²) in [7, 11) is 2.11. The molecule has 13 nitrogen and oxygen atoms in total. The lowest BCUT2D eigenvalue weighted by Gasteiger charge is -2.32. The largest absolute Gasteiger partial charge is 0.394 e. The molecule has 36 heavy (non-hydrogen) atoms. The van der Waals surface area contributed by atoms with Gasteiger partial charge in [0, 0.05) is 45.0 Å². The van der Waals surface area contributed by atoms with E-state index in [-0.39, 0.29) is 18.1 Å². The number of fused-ring (bicyclic) bond motifs is 2. The van der Waals surface area contributed by atoms with Gasteiger partial charge in [0.05, 0.1) is 24.2 Å². The fourth-order valence-corrected chi connectivity index (χ4v) is 4.40. The zero-order valence-corrected chi connectivity index (χ0v) is 20.4. The first-order chi connectivity index (χ1) is 17.2. The number of piperazine rings is 1. The molecule has 0 radical (unpaired) electrons. The lowest BCUT2D eigenvalue weighted by Crippen LogP contribution is -2.45. The van der Waals surface area contributed by atoms with Crippen LogP contribution in [0, 0.1) is 6.92 Å². The van der Waals surface area contributed by atoms with Crippen LogP contribution < -0.4 is 16.6 Å². The van der Waals surface area contributed by atoms with Crippen molar-refractivity contribution in [1.82, 2.24) is 29.3 Å². The number of nitrogens with zero attached hydrogens (tertiary/aromatic N) is 5. The van der Waals surface area contributed by atoms with Crippen molar-refractivity contribution in [2.24, 2.45) is 0 Å². The van der Waals surface area contributed by atoms with Crippen molar-refractivity contribution in [3.05, 3.63) is 38.5 Å². The molecule has 1 aromatic carbocycles. The van der Waals surface area contributed by atoms with Crippen LogP contribution >= 0.6 is 0 Å². The molecule has 3 heterocycles. The number of aryl methyl sites for hydroxylation is 1. The standard InChI is InChI=1S/C23H33N7O6/c1-13-9-15-16(10-14(13)24-3-4-29-7-5-28(2)6-8-29)30(11-17(32)20(34)18(33)12-31)21-19(25-15)22(35)27-23(36)26-21/h9-10,17-18,20,24,31-34H,3-8,11-12H2,1-2H3,(H,27,35,36)/t17-,18+,20-/m0/s1. The van der Waals surface area contributed by atoms with Crippen molar-refractivity contribution >= 4 is 16.7 Å². The third-order valence-corrected chi connectivity index (χ3v) is 6.64. The minimum absolute atomic E-state index is 0.0618. The maximum absolute atomic E-state index is 12.5. The minimum Gasteiger partial charge on any atom is -0.394 e. The maximum atomic E-state index is 12.5. The van der Waals surface area contributed by atoms with Gasteiger partial charge in [0.15, 0.2) is 11.5 Å². The third kappa shape index (κ3) is 5.56. The van der Waals surface area contributed by atoms with Crippen LogP contribution in [0.5, 0.6) is 0 Å². The van der Waals surface area contributed by atoms with E-state index >= 15 is 0 Å². The lowest BCUT2D eigenvalue weighted by atomic mass is 10.1. The first kappa shape index (κ1) is 26.1. The summed E-state index contributed by atoms with van der Waals surface area (Å²) in [6.07, 6.45) is -4.77. The number of benzene rings is 1. The van der Waals surface area contributed by atoms with Crippen molar-refractivity contribution in [3.8, 4) is 11.5 Å². The number of aliphatic hydroxyl groups excluding tert-OH is 4. The number of anilines is 1. The number of aromatic nitrogens is 4. The van der Waals surface area contributed by atoms with Crippen LogP contribution in [-0.2, 0) is 6.54 Å². The van der Waals surface area contributed by atoms with Crippen LogP contribution in [-0.4, -0.2) is 121 Å². The summed E-state index contributed by atoms with van der Waals surface area (Å²) in [5, 5.41) is 43.1. The first-order valence-corrected chi connectivity index (χ1v) is 11.9. The smallest absolute Gasteiger partial charge is 0.349 e. The molecular formula is C23H33N7O6. The van der Waals surface area contributed by atoms with Crippen LogP contribution in [0.1, 0.15) is 5.56 Å². The van der Waals surface area contributed by atoms with E-state index in [1.165, 1.54) is 4.57 Å². The highest BCUT2D eigenvalue weighted by Gasteiger charge is 2.27. The van der Waals surface area contributed by atoms with Gasteiger partial charge in [-0.25, -0.2) is 9.78 Å². The van der Waals surface area contributed by atoms with Gasteiger partial charge in [-0.15, -0.1) is 0 Å². The number of hydrogen-bond acceptors (Lipinski definition) is 11. The van der Waals surface area contributed by atoms with Crippen LogP contribution in [0.15, 0.2) is 21.7 Å². The number of nitrogens with one attached hydrogen (secondary N) is 2. The van der Waals surface area contributed by atoms with Gasteiger partial charge in [0.1, 0.15) is 18.3 Å². The average molecular weight is 504 g/mol. The Morgan fingerprint density at radius 3 is 2.50 bits per heavy atom. The Balaban J connectivity index is 1.70. The molecule has 0 unspecified atom stereocenters. The van der Waals surface area contributed by atoms with E-state index in [4.69, 9.17) is 5.11 Å². The van der Waals surface area contributed by atoms with Crippen molar-refractivity contribution in [2.45, 2.75) is 31.8 Å². The molecule has 0 aliphatic carbocycles. The highest BCUT2D eigenvalue weighted by Crippen LogP contribution is 2.27. The summed E-state index contributed by atoms with van der Waals surface area (Å²) >= 11 is 0. The molecule has 196 valence electrons. The van der Waals surface area contributed by atoms with Crippen LogP contribution in [0.2, 0.25) is 0 Å². The van der Waals surface area contributed by atoms with E-state index in [1.807, 2.05) is 6.92 Å². The molecule has 0 aromatic heterocycles. The fraction of sp³-hybridized carbons (Fsp3) is 0.565. The SMILES string of the molecule is Cc1cc2nc3c(=O)[nH]c(=O)nc-3n(C[C@H](O)[C@H](O)[C@H](O)CO)c2cc1NCCN1CCN(C)CC1. The molecule has 13 heteroatoms. The zero-order valence-electron chi connectivity index (χ0n) is 20.4. The van der Waals surface area contributed by atoms with Crippen molar-refractivity contribution in [3.63, 3.8) is 0 Å². The second kappa shape index (κ2) is 11.0. The van der Waals surface area contributed by atoms with E-state index in [9.17, 15) is 24.9 Å². The molecule has 0 spiro atoms. The highest BCUT2D eigenvalue weighted by molar-refractivity contribution is 5.84. The molecule has 6 N–H and O–H groups in total. The molecule has 1 saturated heterocycles. The fourth-order valence-electron chi connectivity index (χ4n) is 4.40. The Kier molecular flexibility index (Phi) is 7.97. The van der Waals surface area contributed by atoms with Gasteiger partial charge in [-0.05, 0) is 31.7 Å². The summed E-state index contributed by atoms with van der Waals surface area (Å²) in [5.74, 6) is -0.0618. The number of H-pyrrole nitrogens is 1. The minimum atomic E-state index is -1.67. The summed E-state index contributed by atoms with van der Waals surface area (Å²) in [4.78, 5) is 39.5. The summed E-state index contributed by atoms with van der Waals surface area (Å²) in [5.41, 5.74) is 0.909. The number of likely N-dealkylation sites (N-methyl/N-ethyl adjacent to an activating group) is 1. The molecule has 3 aliphatic rings. The predicted molar refractivity (Wildman–Crippen MR) is 133 cm³/mol. The molecule has 3 aliphatic heterocycles. The average Bonchev–Trinajstić information content (AvgIpc) is 2.85. The van der Waals surface area contributed by atoms with Crippen molar-refractivity contribution in [2.75, 3.05) is 58.2 Å². The highest BCUT2D eigenvalue weighted by atomic mass is 16.4. The Morgan fingerprint density at radius 1 is 1.08 bits per heavy atom. The number of hydrogen-bond donors (Lipinski definition) is 6. The first-order valence-electron chi connectivity index (χ1n) is 11.9. The van der Waals surface area contributed by atoms with Crippen molar-refractivity contribution < 1.29 is 20.4 Å². The molecule has 0 saturated carbocycles. The Labute approximate surface area is 207 Å². The topological polar surface area (TPSA) is 180 Å². The van der Waals surface area contributed by atoms with Gasteiger partial charge in [-0.3, -0.25) is 14.7 Å². The Morgan fingerprint density at radius 2 is 1.81 bits per heavy atom. The van der Waals surface area contributed by atoms with Crippen LogP contribution in [0.4, 0.5) is 5.69 Å². The third-order valence-electron chi connectivity index (χ3n) is 6.64. The normalized spacial score (nSPS) is 17.9. The van der Waals surface area contributed by atoms with Gasteiger partial charge in [-0.2, -0.15) is 4.98 Å². The molecule has 0 amide bonds. The molecule has 0 bridgehead atoms. The monoisotopic (exact) mass is 503 g/mol. The Bertz CT molecular complexity index is 1290. The van der Waals surface area contributed by atoms with E-state index in [0.29, 0.717) is 17.6 Å². The number of rotatable bonds is 9. The lowest BCUT2D eigenvalue weighted by molar-refractivity contribution is -0.0802. The molecule has 3 atom stereocenters. The summed E-state index contributed by atoms with van der Waals surface area (Å²) in [6, 6.07) is 3.59. The van der Waals surface area contributed by atoms with E-state index in [1.54, 1.807) is 12.1 Å².